The second kappa shape index (κ2) is 10.3. The quantitative estimate of drug-likeness (QED) is 0.455. The van der Waals surface area contributed by atoms with Gasteiger partial charge in [0, 0.05) is 24.6 Å². The lowest BCUT2D eigenvalue weighted by Crippen LogP contribution is -2.09. The van der Waals surface area contributed by atoms with Gasteiger partial charge in [0.25, 0.3) is 0 Å². The van der Waals surface area contributed by atoms with Crippen LogP contribution in [-0.2, 0) is 27.3 Å². The van der Waals surface area contributed by atoms with Gasteiger partial charge in [-0.25, -0.2) is 4.79 Å². The summed E-state index contributed by atoms with van der Waals surface area (Å²) < 4.78 is 16.2. The zero-order valence-electron chi connectivity index (χ0n) is 18.4. The second-order valence-electron chi connectivity index (χ2n) is 7.85. The van der Waals surface area contributed by atoms with Crippen LogP contribution in [0.25, 0.3) is 0 Å². The average Bonchev–Trinajstić information content (AvgIpc) is 3.06. The number of nitrogens with one attached hydrogen (secondary N) is 1. The minimum Gasteiger partial charge on any atom is -0.496 e. The number of ether oxygens (including phenoxy) is 3. The van der Waals surface area contributed by atoms with Gasteiger partial charge in [-0.05, 0) is 44.6 Å². The maximum Gasteiger partial charge on any atom is 0.341 e. The molecule has 6 nitrogen and oxygen atoms in total. The van der Waals surface area contributed by atoms with Crippen molar-refractivity contribution in [3.63, 3.8) is 0 Å². The van der Waals surface area contributed by atoms with Gasteiger partial charge in [0.1, 0.15) is 12.4 Å². The number of anilines is 1. The largest absolute Gasteiger partial charge is 0.496 e. The summed E-state index contributed by atoms with van der Waals surface area (Å²) in [5.41, 5.74) is 5.18. The van der Waals surface area contributed by atoms with Crippen LogP contribution in [0.3, 0.4) is 0 Å². The van der Waals surface area contributed by atoms with Gasteiger partial charge in [-0.1, -0.05) is 25.5 Å². The van der Waals surface area contributed by atoms with E-state index in [4.69, 9.17) is 14.2 Å². The monoisotopic (exact) mass is 403 g/mol. The van der Waals surface area contributed by atoms with E-state index in [2.05, 4.69) is 25.2 Å². The fourth-order valence-electron chi connectivity index (χ4n) is 3.49. The molecule has 6 heteroatoms. The van der Waals surface area contributed by atoms with Crippen molar-refractivity contribution in [3.05, 3.63) is 33.9 Å². The van der Waals surface area contributed by atoms with Gasteiger partial charge in [0.15, 0.2) is 0 Å². The molecule has 0 aliphatic carbocycles. The molecule has 0 aromatic heterocycles. The van der Waals surface area contributed by atoms with Crippen LogP contribution in [0, 0.1) is 12.8 Å². The zero-order valence-corrected chi connectivity index (χ0v) is 18.4. The Hall–Kier alpha value is -2.50. The fourth-order valence-corrected chi connectivity index (χ4v) is 3.49. The van der Waals surface area contributed by atoms with E-state index in [1.165, 1.54) is 0 Å². The van der Waals surface area contributed by atoms with Crippen LogP contribution < -0.4 is 10.1 Å². The number of esters is 2. The Bertz CT molecular complexity index is 795. The van der Waals surface area contributed by atoms with Crippen LogP contribution in [-0.4, -0.2) is 32.7 Å². The number of hydrogen-bond donors (Lipinski definition) is 1. The third-order valence-electron chi connectivity index (χ3n) is 5.26. The molecule has 2 rings (SSSR count). The lowest BCUT2D eigenvalue weighted by Gasteiger charge is -2.19. The standard InChI is InChI=1S/C23H33NO5/c1-14(2)11-12-28-19(25)10-8-15(3)7-9-17-21(24-5)20-18(13-29-23(20)26)16(4)22(17)27-6/h7,14,24H,8-13H2,1-6H3/b15-7+. The summed E-state index contributed by atoms with van der Waals surface area (Å²) in [6.45, 7) is 8.92. The Kier molecular flexibility index (Phi) is 8.11. The molecular formula is C23H33NO5. The number of methoxy groups -OCH3 is 1. The van der Waals surface area contributed by atoms with Crippen LogP contribution in [0.4, 0.5) is 5.69 Å². The third kappa shape index (κ3) is 5.52. The molecule has 1 aromatic carbocycles. The molecule has 1 N–H and O–H groups in total. The van der Waals surface area contributed by atoms with E-state index in [0.29, 0.717) is 37.4 Å². The number of allylic oxidation sites excluding steroid dienone is 2. The number of carbonyl (C=O) groups is 2. The van der Waals surface area contributed by atoms with Crippen LogP contribution in [0.5, 0.6) is 5.75 Å². The molecule has 0 amide bonds. The molecule has 0 unspecified atom stereocenters. The predicted molar refractivity (Wildman–Crippen MR) is 114 cm³/mol. The molecule has 1 heterocycles. The van der Waals surface area contributed by atoms with Gasteiger partial charge >= 0.3 is 11.9 Å². The van der Waals surface area contributed by atoms with Crippen molar-refractivity contribution in [2.75, 3.05) is 26.1 Å². The molecule has 1 aliphatic rings. The van der Waals surface area contributed by atoms with Gasteiger partial charge in [-0.2, -0.15) is 0 Å². The normalized spacial score (nSPS) is 13.3. The minimum atomic E-state index is -0.304. The van der Waals surface area contributed by atoms with Crippen molar-refractivity contribution in [1.82, 2.24) is 0 Å². The summed E-state index contributed by atoms with van der Waals surface area (Å²) in [5, 5.41) is 3.15. The number of rotatable bonds is 10. The maximum atomic E-state index is 12.2. The first-order chi connectivity index (χ1) is 13.8. The molecule has 0 radical (unpaired) electrons. The molecule has 0 saturated carbocycles. The smallest absolute Gasteiger partial charge is 0.341 e. The summed E-state index contributed by atoms with van der Waals surface area (Å²) in [4.78, 5) is 24.1. The first kappa shape index (κ1) is 22.8. The number of hydrogen-bond acceptors (Lipinski definition) is 6. The highest BCUT2D eigenvalue weighted by Crippen LogP contribution is 2.41. The van der Waals surface area contributed by atoms with Crippen molar-refractivity contribution >= 4 is 17.6 Å². The molecule has 0 fully saturated rings. The lowest BCUT2D eigenvalue weighted by molar-refractivity contribution is -0.143. The van der Waals surface area contributed by atoms with Crippen molar-refractivity contribution < 1.29 is 23.8 Å². The summed E-state index contributed by atoms with van der Waals surface area (Å²) in [6, 6.07) is 0. The van der Waals surface area contributed by atoms with Crippen molar-refractivity contribution in [2.24, 2.45) is 5.92 Å². The van der Waals surface area contributed by atoms with E-state index in [1.807, 2.05) is 13.8 Å². The highest BCUT2D eigenvalue weighted by Gasteiger charge is 2.31. The molecule has 0 saturated heterocycles. The van der Waals surface area contributed by atoms with Crippen molar-refractivity contribution in [1.29, 1.82) is 0 Å². The van der Waals surface area contributed by atoms with E-state index in [-0.39, 0.29) is 18.5 Å². The molecule has 0 atom stereocenters. The first-order valence-corrected chi connectivity index (χ1v) is 10.2. The van der Waals surface area contributed by atoms with Gasteiger partial charge in [-0.15, -0.1) is 0 Å². The number of benzene rings is 1. The van der Waals surface area contributed by atoms with Crippen LogP contribution >= 0.6 is 0 Å². The molecule has 1 aromatic rings. The van der Waals surface area contributed by atoms with Gasteiger partial charge in [-0.3, -0.25) is 4.79 Å². The Morgan fingerprint density at radius 2 is 2.03 bits per heavy atom. The predicted octanol–water partition coefficient (Wildman–Crippen LogP) is 4.57. The van der Waals surface area contributed by atoms with Crippen LogP contribution in [0.1, 0.15) is 67.1 Å². The second-order valence-corrected chi connectivity index (χ2v) is 7.85. The van der Waals surface area contributed by atoms with Crippen LogP contribution in [0.2, 0.25) is 0 Å². The summed E-state index contributed by atoms with van der Waals surface area (Å²) >= 11 is 0. The maximum absolute atomic E-state index is 12.2. The van der Waals surface area contributed by atoms with Crippen molar-refractivity contribution in [2.45, 2.75) is 60.0 Å². The summed E-state index contributed by atoms with van der Waals surface area (Å²) in [7, 11) is 3.43. The molecular weight excluding hydrogens is 370 g/mol. The highest BCUT2D eigenvalue weighted by molar-refractivity contribution is 6.01. The zero-order chi connectivity index (χ0) is 21.6. The van der Waals surface area contributed by atoms with Crippen LogP contribution in [0.15, 0.2) is 11.6 Å². The highest BCUT2D eigenvalue weighted by atomic mass is 16.5. The number of fused-ring (bicyclic) bond motifs is 1. The van der Waals surface area contributed by atoms with E-state index in [9.17, 15) is 9.59 Å². The topological polar surface area (TPSA) is 73.9 Å². The molecule has 0 spiro atoms. The van der Waals surface area contributed by atoms with E-state index in [0.717, 1.165) is 40.1 Å². The Labute approximate surface area is 173 Å². The van der Waals surface area contributed by atoms with E-state index in [1.54, 1.807) is 14.2 Å². The SMILES string of the molecule is CNc1c(C/C=C(\C)CCC(=O)OCCC(C)C)c(OC)c(C)c2c1C(=O)OC2. The van der Waals surface area contributed by atoms with Crippen molar-refractivity contribution in [3.8, 4) is 5.75 Å². The Morgan fingerprint density at radius 1 is 1.31 bits per heavy atom. The van der Waals surface area contributed by atoms with Gasteiger partial charge in [0.05, 0.1) is 25.0 Å². The molecule has 29 heavy (non-hydrogen) atoms. The average molecular weight is 404 g/mol. The number of carbonyl (C=O) groups excluding carboxylic acids is 2. The van der Waals surface area contributed by atoms with Gasteiger partial charge < -0.3 is 19.5 Å². The first-order valence-electron chi connectivity index (χ1n) is 10.2. The summed E-state index contributed by atoms with van der Waals surface area (Å²) in [6.07, 6.45) is 4.56. The lowest BCUT2D eigenvalue weighted by atomic mass is 9.93. The van der Waals surface area contributed by atoms with E-state index >= 15 is 0 Å². The third-order valence-corrected chi connectivity index (χ3v) is 5.26. The summed E-state index contributed by atoms with van der Waals surface area (Å²) in [5.74, 6) is 0.821. The Morgan fingerprint density at radius 3 is 2.66 bits per heavy atom. The van der Waals surface area contributed by atoms with E-state index < -0.39 is 0 Å². The molecule has 1 aliphatic heterocycles. The molecule has 160 valence electrons. The van der Waals surface area contributed by atoms with Gasteiger partial charge in [0.2, 0.25) is 0 Å². The number of cyclic esters (lactones) is 1. The Balaban J connectivity index is 2.11. The minimum absolute atomic E-state index is 0.164. The fraction of sp³-hybridized carbons (Fsp3) is 0.565. The molecule has 0 bridgehead atoms.